The van der Waals surface area contributed by atoms with E-state index in [2.05, 4.69) is 9.88 Å². The molecule has 0 unspecified atom stereocenters. The van der Waals surface area contributed by atoms with Crippen molar-refractivity contribution in [2.75, 3.05) is 37.6 Å². The van der Waals surface area contributed by atoms with Crippen molar-refractivity contribution in [2.24, 2.45) is 5.73 Å². The number of rotatable bonds is 5. The molecule has 0 aromatic carbocycles. The summed E-state index contributed by atoms with van der Waals surface area (Å²) in [5.41, 5.74) is 5.79. The van der Waals surface area contributed by atoms with Crippen LogP contribution < -0.4 is 10.6 Å². The van der Waals surface area contributed by atoms with Gasteiger partial charge in [-0.15, -0.1) is 0 Å². The number of nitrogens with zero attached hydrogens (tertiary/aromatic N) is 3. The highest BCUT2D eigenvalue weighted by atomic mass is 19.3. The molecule has 0 atom stereocenters. The first-order chi connectivity index (χ1) is 9.50. The molecule has 112 valence electrons. The van der Waals surface area contributed by atoms with Gasteiger partial charge in [0.15, 0.2) is 0 Å². The number of alkyl halides is 2. The van der Waals surface area contributed by atoms with Gasteiger partial charge in [0.1, 0.15) is 5.82 Å². The molecule has 1 aliphatic heterocycles. The van der Waals surface area contributed by atoms with E-state index in [1.54, 1.807) is 6.20 Å². The zero-order valence-electron chi connectivity index (χ0n) is 11.3. The zero-order chi connectivity index (χ0) is 14.6. The Balaban J connectivity index is 1.90. The van der Waals surface area contributed by atoms with Gasteiger partial charge in [-0.05, 0) is 18.1 Å². The molecular formula is C13H20F2N4O. The van der Waals surface area contributed by atoms with Crippen LogP contribution in [0.2, 0.25) is 0 Å². The van der Waals surface area contributed by atoms with Gasteiger partial charge in [0.05, 0.1) is 6.54 Å². The summed E-state index contributed by atoms with van der Waals surface area (Å²) in [5.74, 6) is -2.00. The lowest BCUT2D eigenvalue weighted by Gasteiger charge is -2.31. The third-order valence-electron chi connectivity index (χ3n) is 3.47. The van der Waals surface area contributed by atoms with E-state index in [1.807, 2.05) is 12.1 Å². The second-order valence-corrected chi connectivity index (χ2v) is 5.03. The summed E-state index contributed by atoms with van der Waals surface area (Å²) in [6.45, 7) is 1.93. The molecule has 3 N–H and O–H groups in total. The number of nitrogens with two attached hydrogens (primary N) is 1. The highest BCUT2D eigenvalue weighted by Gasteiger charge is 2.26. The number of piperazine rings is 1. The number of aryl methyl sites for hydroxylation is 1. The molecule has 0 aliphatic carbocycles. The Morgan fingerprint density at radius 1 is 1.25 bits per heavy atom. The number of hydrogen-bond acceptors (Lipinski definition) is 5. The number of hydroxylamine groups is 2. The SMILES string of the molecule is NCC(F)(F)CCc1ccc(N2CCN(O)CC2)nc1. The molecule has 2 heterocycles. The molecule has 1 aromatic rings. The fourth-order valence-corrected chi connectivity index (χ4v) is 2.11. The summed E-state index contributed by atoms with van der Waals surface area (Å²) in [6.07, 6.45) is 1.64. The van der Waals surface area contributed by atoms with Gasteiger partial charge in [-0.1, -0.05) is 6.07 Å². The molecule has 0 spiro atoms. The first-order valence-electron chi connectivity index (χ1n) is 6.72. The van der Waals surface area contributed by atoms with Crippen molar-refractivity contribution in [3.8, 4) is 0 Å². The first-order valence-corrected chi connectivity index (χ1v) is 6.72. The number of halogens is 2. The Kier molecular flexibility index (Phi) is 4.85. The molecule has 1 aromatic heterocycles. The maximum absolute atomic E-state index is 13.1. The molecule has 0 saturated carbocycles. The fraction of sp³-hybridized carbons (Fsp3) is 0.615. The molecule has 20 heavy (non-hydrogen) atoms. The third-order valence-corrected chi connectivity index (χ3v) is 3.47. The number of aromatic nitrogens is 1. The van der Waals surface area contributed by atoms with Crippen LogP contribution in [-0.4, -0.2) is 53.9 Å². The molecular weight excluding hydrogens is 266 g/mol. The van der Waals surface area contributed by atoms with E-state index < -0.39 is 12.5 Å². The summed E-state index contributed by atoms with van der Waals surface area (Å²) < 4.78 is 26.1. The van der Waals surface area contributed by atoms with Crippen LogP contribution in [0.5, 0.6) is 0 Å². The van der Waals surface area contributed by atoms with Crippen molar-refractivity contribution in [3.63, 3.8) is 0 Å². The monoisotopic (exact) mass is 286 g/mol. The summed E-state index contributed by atoms with van der Waals surface area (Å²) in [4.78, 5) is 6.36. The van der Waals surface area contributed by atoms with Crippen molar-refractivity contribution >= 4 is 5.82 Å². The minimum atomic E-state index is -2.81. The van der Waals surface area contributed by atoms with Crippen LogP contribution >= 0.6 is 0 Å². The molecule has 1 saturated heterocycles. The average molecular weight is 286 g/mol. The first kappa shape index (κ1) is 15.1. The van der Waals surface area contributed by atoms with Crippen LogP contribution in [0.25, 0.3) is 0 Å². The zero-order valence-corrected chi connectivity index (χ0v) is 11.3. The number of pyridine rings is 1. The van der Waals surface area contributed by atoms with E-state index in [1.165, 1.54) is 5.06 Å². The van der Waals surface area contributed by atoms with Gasteiger partial charge >= 0.3 is 0 Å². The minimum absolute atomic E-state index is 0.256. The molecule has 1 aliphatic rings. The topological polar surface area (TPSA) is 65.6 Å². The Morgan fingerprint density at radius 2 is 1.95 bits per heavy atom. The maximum atomic E-state index is 13.1. The van der Waals surface area contributed by atoms with Gasteiger partial charge in [-0.25, -0.2) is 13.8 Å². The van der Waals surface area contributed by atoms with Gasteiger partial charge in [0.25, 0.3) is 5.92 Å². The van der Waals surface area contributed by atoms with Gasteiger partial charge in [-0.2, -0.15) is 5.06 Å². The van der Waals surface area contributed by atoms with E-state index in [0.29, 0.717) is 26.2 Å². The predicted molar refractivity (Wildman–Crippen MR) is 72.1 cm³/mol. The Bertz CT molecular complexity index is 419. The smallest absolute Gasteiger partial charge is 0.260 e. The van der Waals surface area contributed by atoms with E-state index in [-0.39, 0.29) is 12.8 Å². The van der Waals surface area contributed by atoms with E-state index in [4.69, 9.17) is 5.73 Å². The quantitative estimate of drug-likeness (QED) is 0.849. The van der Waals surface area contributed by atoms with Crippen molar-refractivity contribution < 1.29 is 14.0 Å². The molecule has 5 nitrogen and oxygen atoms in total. The Morgan fingerprint density at radius 3 is 2.50 bits per heavy atom. The standard InChI is InChI=1S/C13H20F2N4O/c14-13(15,10-16)4-3-11-1-2-12(17-9-11)18-5-7-19(20)8-6-18/h1-2,9,20H,3-8,10,16H2. The third kappa shape index (κ3) is 4.09. The van der Waals surface area contributed by atoms with Crippen LogP contribution in [-0.2, 0) is 6.42 Å². The van der Waals surface area contributed by atoms with Crippen molar-refractivity contribution in [2.45, 2.75) is 18.8 Å². The lowest BCUT2D eigenvalue weighted by atomic mass is 10.1. The second-order valence-electron chi connectivity index (χ2n) is 5.03. The summed E-state index contributed by atoms with van der Waals surface area (Å²) in [6, 6.07) is 3.66. The van der Waals surface area contributed by atoms with Crippen LogP contribution in [0.15, 0.2) is 18.3 Å². The van der Waals surface area contributed by atoms with Crippen LogP contribution in [0, 0.1) is 0 Å². The number of anilines is 1. The van der Waals surface area contributed by atoms with Crippen molar-refractivity contribution in [3.05, 3.63) is 23.9 Å². The average Bonchev–Trinajstić information content (AvgIpc) is 2.47. The van der Waals surface area contributed by atoms with Crippen LogP contribution in [0.4, 0.5) is 14.6 Å². The Hall–Kier alpha value is -1.31. The highest BCUT2D eigenvalue weighted by molar-refractivity contribution is 5.39. The van der Waals surface area contributed by atoms with Gasteiger partial charge in [0.2, 0.25) is 0 Å². The number of hydrogen-bond donors (Lipinski definition) is 2. The summed E-state index contributed by atoms with van der Waals surface area (Å²) in [5, 5.41) is 10.6. The highest BCUT2D eigenvalue weighted by Crippen LogP contribution is 2.20. The van der Waals surface area contributed by atoms with Gasteiger partial charge in [0, 0.05) is 38.8 Å². The van der Waals surface area contributed by atoms with Crippen molar-refractivity contribution in [1.29, 1.82) is 0 Å². The normalized spacial score (nSPS) is 17.5. The molecule has 1 fully saturated rings. The van der Waals surface area contributed by atoms with Crippen molar-refractivity contribution in [1.82, 2.24) is 10.0 Å². The van der Waals surface area contributed by atoms with Gasteiger partial charge < -0.3 is 15.8 Å². The largest absolute Gasteiger partial charge is 0.354 e. The summed E-state index contributed by atoms with van der Waals surface area (Å²) >= 11 is 0. The summed E-state index contributed by atoms with van der Waals surface area (Å²) in [7, 11) is 0. The second kappa shape index (κ2) is 6.43. The van der Waals surface area contributed by atoms with Gasteiger partial charge in [-0.3, -0.25) is 0 Å². The maximum Gasteiger partial charge on any atom is 0.260 e. The molecule has 0 bridgehead atoms. The Labute approximate surface area is 117 Å². The lowest BCUT2D eigenvalue weighted by Crippen LogP contribution is -2.45. The van der Waals surface area contributed by atoms with E-state index >= 15 is 0 Å². The minimum Gasteiger partial charge on any atom is -0.354 e. The van der Waals surface area contributed by atoms with Crippen LogP contribution in [0.1, 0.15) is 12.0 Å². The fourth-order valence-electron chi connectivity index (χ4n) is 2.11. The van der Waals surface area contributed by atoms with E-state index in [9.17, 15) is 14.0 Å². The molecule has 7 heteroatoms. The van der Waals surface area contributed by atoms with Crippen LogP contribution in [0.3, 0.4) is 0 Å². The molecule has 2 rings (SSSR count). The molecule has 0 radical (unpaired) electrons. The van der Waals surface area contributed by atoms with E-state index in [0.717, 1.165) is 11.4 Å². The lowest BCUT2D eigenvalue weighted by molar-refractivity contribution is -0.0936. The molecule has 0 amide bonds. The predicted octanol–water partition coefficient (Wildman–Crippen LogP) is 1.12.